The number of carbonyl (C=O) groups is 2. The van der Waals surface area contributed by atoms with E-state index in [9.17, 15) is 14.7 Å². The molecule has 0 aliphatic carbocycles. The summed E-state index contributed by atoms with van der Waals surface area (Å²) in [6, 6.07) is 6.68. The van der Waals surface area contributed by atoms with Crippen molar-refractivity contribution >= 4 is 22.8 Å². The third-order valence-corrected chi connectivity index (χ3v) is 5.09. The fraction of sp³-hybridized carbons (Fsp3) is 0.263. The van der Waals surface area contributed by atoms with Crippen LogP contribution < -0.4 is 0 Å². The fourth-order valence-corrected chi connectivity index (χ4v) is 4.07. The standard InChI is InChI=1S/C19H18N2O3/c1-3-10-11(4-2)18(22)21-15(19(23)24)9-13-12-7-5-6-8-14(12)20-16(13)17(10)21/h3-8,15,17,20H,9H2,1-2H3,(H,23,24)/b10-3+,11-4+/t15-,17+/m0/s1. The molecule has 4 rings (SSSR count). The molecule has 1 amide bonds. The van der Waals surface area contributed by atoms with Gasteiger partial charge in [0.05, 0.1) is 6.04 Å². The molecule has 1 aromatic heterocycles. The largest absolute Gasteiger partial charge is 0.480 e. The van der Waals surface area contributed by atoms with Crippen LogP contribution in [0.15, 0.2) is 47.6 Å². The number of benzene rings is 1. The van der Waals surface area contributed by atoms with Crippen molar-refractivity contribution in [2.75, 3.05) is 0 Å². The number of rotatable bonds is 1. The lowest BCUT2D eigenvalue weighted by Gasteiger charge is -2.35. The highest BCUT2D eigenvalue weighted by molar-refractivity contribution is 6.05. The van der Waals surface area contributed by atoms with Crippen LogP contribution in [0.4, 0.5) is 0 Å². The number of carboxylic acids is 1. The summed E-state index contributed by atoms with van der Waals surface area (Å²) in [6.45, 7) is 3.71. The van der Waals surface area contributed by atoms with Gasteiger partial charge in [-0.25, -0.2) is 4.79 Å². The van der Waals surface area contributed by atoms with Crippen molar-refractivity contribution in [3.8, 4) is 0 Å². The summed E-state index contributed by atoms with van der Waals surface area (Å²) in [5.74, 6) is -1.16. The van der Waals surface area contributed by atoms with Gasteiger partial charge in [-0.05, 0) is 31.1 Å². The lowest BCUT2D eigenvalue weighted by atomic mass is 9.90. The molecule has 0 saturated carbocycles. The van der Waals surface area contributed by atoms with Crippen LogP contribution in [0.2, 0.25) is 0 Å². The van der Waals surface area contributed by atoms with Crippen molar-refractivity contribution in [1.29, 1.82) is 0 Å². The third kappa shape index (κ3) is 1.75. The topological polar surface area (TPSA) is 73.4 Å². The van der Waals surface area contributed by atoms with E-state index in [1.807, 2.05) is 44.2 Å². The maximum Gasteiger partial charge on any atom is 0.326 e. The van der Waals surface area contributed by atoms with E-state index < -0.39 is 12.0 Å². The third-order valence-electron chi connectivity index (χ3n) is 5.09. The minimum Gasteiger partial charge on any atom is -0.480 e. The highest BCUT2D eigenvalue weighted by Crippen LogP contribution is 2.48. The molecule has 0 spiro atoms. The summed E-state index contributed by atoms with van der Waals surface area (Å²) in [7, 11) is 0. The minimum absolute atomic E-state index is 0.202. The van der Waals surface area contributed by atoms with Gasteiger partial charge in [-0.3, -0.25) is 4.79 Å². The number of allylic oxidation sites excluding steroid dienone is 2. The van der Waals surface area contributed by atoms with E-state index in [4.69, 9.17) is 0 Å². The Balaban J connectivity index is 2.02. The Hall–Kier alpha value is -2.82. The first-order chi connectivity index (χ1) is 11.6. The number of hydrogen-bond donors (Lipinski definition) is 2. The van der Waals surface area contributed by atoms with Gasteiger partial charge >= 0.3 is 5.97 Å². The van der Waals surface area contributed by atoms with Crippen molar-refractivity contribution in [2.24, 2.45) is 0 Å². The Labute approximate surface area is 139 Å². The van der Waals surface area contributed by atoms with Crippen LogP contribution in [0.3, 0.4) is 0 Å². The van der Waals surface area contributed by atoms with Crippen molar-refractivity contribution in [3.63, 3.8) is 0 Å². The zero-order valence-electron chi connectivity index (χ0n) is 13.5. The number of amides is 1. The van der Waals surface area contributed by atoms with E-state index in [-0.39, 0.29) is 11.9 Å². The van der Waals surface area contributed by atoms with Crippen LogP contribution in [0, 0.1) is 0 Å². The predicted molar refractivity (Wildman–Crippen MR) is 90.5 cm³/mol. The maximum atomic E-state index is 12.8. The lowest BCUT2D eigenvalue weighted by Crippen LogP contribution is -2.47. The average Bonchev–Trinajstić information content (AvgIpc) is 3.09. The van der Waals surface area contributed by atoms with E-state index in [2.05, 4.69) is 4.98 Å². The number of carbonyl (C=O) groups excluding carboxylic acids is 1. The predicted octanol–water partition coefficient (Wildman–Crippen LogP) is 2.95. The van der Waals surface area contributed by atoms with Crippen molar-refractivity contribution in [2.45, 2.75) is 32.4 Å². The van der Waals surface area contributed by atoms with Gasteiger partial charge < -0.3 is 15.0 Å². The number of H-pyrrole nitrogens is 1. The van der Waals surface area contributed by atoms with Gasteiger partial charge in [0, 0.05) is 28.6 Å². The van der Waals surface area contributed by atoms with Crippen LogP contribution in [-0.4, -0.2) is 32.9 Å². The number of nitrogens with one attached hydrogen (secondary N) is 1. The van der Waals surface area contributed by atoms with Crippen LogP contribution in [0.1, 0.15) is 31.1 Å². The molecule has 2 aliphatic rings. The zero-order valence-corrected chi connectivity index (χ0v) is 13.5. The van der Waals surface area contributed by atoms with E-state index in [0.29, 0.717) is 12.0 Å². The molecule has 2 aliphatic heterocycles. The Morgan fingerprint density at radius 3 is 2.71 bits per heavy atom. The second kappa shape index (κ2) is 5.09. The number of fused-ring (bicyclic) bond motifs is 5. The maximum absolute atomic E-state index is 12.8. The number of para-hydroxylation sites is 1. The Bertz CT molecular complexity index is 935. The molecular weight excluding hydrogens is 304 g/mol. The number of nitrogens with zero attached hydrogens (tertiary/aromatic N) is 1. The van der Waals surface area contributed by atoms with Crippen LogP contribution >= 0.6 is 0 Å². The Kier molecular flexibility index (Phi) is 3.13. The molecule has 2 aromatic rings. The zero-order chi connectivity index (χ0) is 17.0. The van der Waals surface area contributed by atoms with Crippen molar-refractivity contribution in [1.82, 2.24) is 9.88 Å². The average molecular weight is 322 g/mol. The van der Waals surface area contributed by atoms with Crippen molar-refractivity contribution in [3.05, 3.63) is 58.8 Å². The Morgan fingerprint density at radius 2 is 2.04 bits per heavy atom. The van der Waals surface area contributed by atoms with Gasteiger partial charge in [0.1, 0.15) is 6.04 Å². The van der Waals surface area contributed by atoms with Crippen LogP contribution in [0.25, 0.3) is 10.9 Å². The molecule has 1 aromatic carbocycles. The highest BCUT2D eigenvalue weighted by atomic mass is 16.4. The SMILES string of the molecule is C/C=C1/C(=O)N2[C@H](/C1=C/C)c1[nH]c3ccccc3c1C[C@H]2C(=O)O. The molecule has 1 saturated heterocycles. The number of aliphatic carboxylic acids is 1. The van der Waals surface area contributed by atoms with E-state index in [1.165, 1.54) is 4.90 Å². The van der Waals surface area contributed by atoms with E-state index in [0.717, 1.165) is 27.7 Å². The second-order valence-corrected chi connectivity index (χ2v) is 6.18. The minimum atomic E-state index is -0.961. The smallest absolute Gasteiger partial charge is 0.326 e. The first-order valence-corrected chi connectivity index (χ1v) is 8.06. The van der Waals surface area contributed by atoms with Crippen LogP contribution in [0.5, 0.6) is 0 Å². The molecule has 122 valence electrons. The highest BCUT2D eigenvalue weighted by Gasteiger charge is 2.50. The summed E-state index contributed by atoms with van der Waals surface area (Å²) in [4.78, 5) is 29.6. The molecule has 3 heterocycles. The number of aromatic amines is 1. The number of hydrogen-bond acceptors (Lipinski definition) is 2. The molecule has 0 radical (unpaired) electrons. The molecular formula is C19H18N2O3. The first kappa shape index (κ1) is 14.8. The van der Waals surface area contributed by atoms with Crippen LogP contribution in [-0.2, 0) is 16.0 Å². The van der Waals surface area contributed by atoms with Gasteiger partial charge in [0.2, 0.25) is 0 Å². The number of carboxylic acid groups (broad SMARTS) is 1. The molecule has 5 nitrogen and oxygen atoms in total. The molecule has 1 fully saturated rings. The lowest BCUT2D eigenvalue weighted by molar-refractivity contribution is -0.149. The summed E-state index contributed by atoms with van der Waals surface area (Å²) < 4.78 is 0. The first-order valence-electron chi connectivity index (χ1n) is 8.06. The molecule has 0 unspecified atom stereocenters. The molecule has 2 N–H and O–H groups in total. The molecule has 2 atom stereocenters. The van der Waals surface area contributed by atoms with Gasteiger partial charge in [-0.1, -0.05) is 30.4 Å². The van der Waals surface area contributed by atoms with Gasteiger partial charge in [0.15, 0.2) is 0 Å². The quantitative estimate of drug-likeness (QED) is 0.793. The summed E-state index contributed by atoms with van der Waals surface area (Å²) in [5, 5.41) is 10.8. The summed E-state index contributed by atoms with van der Waals surface area (Å²) in [6.07, 6.45) is 4.01. The van der Waals surface area contributed by atoms with Gasteiger partial charge in [-0.15, -0.1) is 0 Å². The molecule has 24 heavy (non-hydrogen) atoms. The summed E-state index contributed by atoms with van der Waals surface area (Å²) in [5.41, 5.74) is 4.39. The molecule has 0 bridgehead atoms. The fourth-order valence-electron chi connectivity index (χ4n) is 4.07. The van der Waals surface area contributed by atoms with E-state index in [1.54, 1.807) is 6.08 Å². The van der Waals surface area contributed by atoms with Gasteiger partial charge in [0.25, 0.3) is 5.91 Å². The summed E-state index contributed by atoms with van der Waals surface area (Å²) >= 11 is 0. The monoisotopic (exact) mass is 322 g/mol. The van der Waals surface area contributed by atoms with E-state index >= 15 is 0 Å². The van der Waals surface area contributed by atoms with Crippen molar-refractivity contribution < 1.29 is 14.7 Å². The second-order valence-electron chi connectivity index (χ2n) is 6.18. The van der Waals surface area contributed by atoms with Gasteiger partial charge in [-0.2, -0.15) is 0 Å². The normalized spacial score (nSPS) is 26.2. The Morgan fingerprint density at radius 1 is 1.29 bits per heavy atom. The molecule has 5 heteroatoms. The number of aromatic nitrogens is 1.